The van der Waals surface area contributed by atoms with E-state index in [1.807, 2.05) is 0 Å². The first-order valence-electron chi connectivity index (χ1n) is 5.44. The van der Waals surface area contributed by atoms with Crippen molar-refractivity contribution in [3.05, 3.63) is 53.1 Å². The highest BCUT2D eigenvalue weighted by Crippen LogP contribution is 2.36. The third-order valence-corrected chi connectivity index (χ3v) is 2.99. The van der Waals surface area contributed by atoms with Gasteiger partial charge in [-0.05, 0) is 42.5 Å². The molecule has 3 nitrogen and oxygen atoms in total. The summed E-state index contributed by atoms with van der Waals surface area (Å²) in [5, 5.41) is 9.99. The van der Waals surface area contributed by atoms with E-state index in [9.17, 15) is 13.9 Å². The molecule has 3 N–H and O–H groups in total. The molecule has 0 aliphatic rings. The Kier molecular flexibility index (Phi) is 4.06. The quantitative estimate of drug-likeness (QED) is 0.830. The van der Waals surface area contributed by atoms with Crippen LogP contribution in [0.1, 0.15) is 0 Å². The van der Waals surface area contributed by atoms with Crippen LogP contribution < -0.4 is 10.6 Å². The van der Waals surface area contributed by atoms with Gasteiger partial charge in [0, 0.05) is 10.7 Å². The van der Waals surface area contributed by atoms with E-state index in [1.165, 1.54) is 17.0 Å². The molecular formula is C13H9ClF2N2OS. The van der Waals surface area contributed by atoms with Gasteiger partial charge in [0.25, 0.3) is 0 Å². The lowest BCUT2D eigenvalue weighted by Crippen LogP contribution is -2.31. The molecule has 0 spiro atoms. The minimum Gasteiger partial charge on any atom is -0.503 e. The van der Waals surface area contributed by atoms with E-state index < -0.39 is 17.4 Å². The fourth-order valence-electron chi connectivity index (χ4n) is 1.71. The zero-order valence-electron chi connectivity index (χ0n) is 9.98. The van der Waals surface area contributed by atoms with Crippen molar-refractivity contribution in [2.75, 3.05) is 4.90 Å². The zero-order chi connectivity index (χ0) is 14.9. The monoisotopic (exact) mass is 314 g/mol. The van der Waals surface area contributed by atoms with E-state index in [2.05, 4.69) is 0 Å². The van der Waals surface area contributed by atoms with Crippen molar-refractivity contribution in [2.24, 2.45) is 5.73 Å². The predicted octanol–water partition coefficient (Wildman–Crippen LogP) is 3.71. The van der Waals surface area contributed by atoms with Crippen molar-refractivity contribution < 1.29 is 13.9 Å². The summed E-state index contributed by atoms with van der Waals surface area (Å²) < 4.78 is 26.5. The van der Waals surface area contributed by atoms with Gasteiger partial charge in [-0.3, -0.25) is 4.90 Å². The average molecular weight is 315 g/mol. The summed E-state index contributed by atoms with van der Waals surface area (Å²) in [5.74, 6) is -3.41. The van der Waals surface area contributed by atoms with Gasteiger partial charge < -0.3 is 10.8 Å². The van der Waals surface area contributed by atoms with Crippen molar-refractivity contribution in [1.29, 1.82) is 0 Å². The third kappa shape index (κ3) is 2.66. The van der Waals surface area contributed by atoms with Crippen LogP contribution in [-0.4, -0.2) is 10.2 Å². The summed E-state index contributed by atoms with van der Waals surface area (Å²) in [7, 11) is 0. The smallest absolute Gasteiger partial charge is 0.202 e. The van der Waals surface area contributed by atoms with Crippen molar-refractivity contribution in [1.82, 2.24) is 0 Å². The Hall–Kier alpha value is -1.92. The number of anilines is 2. The van der Waals surface area contributed by atoms with Crippen LogP contribution in [0.4, 0.5) is 20.2 Å². The van der Waals surface area contributed by atoms with Gasteiger partial charge in [0.05, 0.1) is 5.69 Å². The van der Waals surface area contributed by atoms with Crippen molar-refractivity contribution in [2.45, 2.75) is 0 Å². The SMILES string of the molecule is NC(=S)N(c1cccc(Cl)c1)c1ccc(F)c(F)c1O. The average Bonchev–Trinajstić information content (AvgIpc) is 2.39. The van der Waals surface area contributed by atoms with Gasteiger partial charge in [0.15, 0.2) is 16.7 Å². The maximum absolute atomic E-state index is 13.4. The number of thiocarbonyl (C=S) groups is 1. The van der Waals surface area contributed by atoms with Crippen LogP contribution in [0.5, 0.6) is 5.75 Å². The van der Waals surface area contributed by atoms with Gasteiger partial charge in [-0.15, -0.1) is 0 Å². The molecule has 20 heavy (non-hydrogen) atoms. The summed E-state index contributed by atoms with van der Waals surface area (Å²) in [5.41, 5.74) is 5.95. The Morgan fingerprint density at radius 1 is 1.25 bits per heavy atom. The number of nitrogens with two attached hydrogens (primary N) is 1. The van der Waals surface area contributed by atoms with Crippen molar-refractivity contribution >= 4 is 40.3 Å². The number of nitrogens with zero attached hydrogens (tertiary/aromatic N) is 1. The van der Waals surface area contributed by atoms with Gasteiger partial charge in [0.2, 0.25) is 5.82 Å². The highest BCUT2D eigenvalue weighted by Gasteiger charge is 2.21. The molecule has 0 heterocycles. The number of benzene rings is 2. The molecule has 0 saturated heterocycles. The van der Waals surface area contributed by atoms with E-state index in [-0.39, 0.29) is 10.8 Å². The lowest BCUT2D eigenvalue weighted by atomic mass is 10.2. The summed E-state index contributed by atoms with van der Waals surface area (Å²) >= 11 is 10.8. The molecule has 104 valence electrons. The van der Waals surface area contributed by atoms with Gasteiger partial charge in [-0.2, -0.15) is 4.39 Å². The molecule has 2 aromatic carbocycles. The number of rotatable bonds is 2. The molecule has 0 unspecified atom stereocenters. The number of halogens is 3. The van der Waals surface area contributed by atoms with E-state index in [1.54, 1.807) is 18.2 Å². The van der Waals surface area contributed by atoms with E-state index >= 15 is 0 Å². The van der Waals surface area contributed by atoms with Gasteiger partial charge >= 0.3 is 0 Å². The molecule has 2 aromatic rings. The normalized spacial score (nSPS) is 10.3. The molecule has 2 rings (SSSR count). The van der Waals surface area contributed by atoms with Crippen LogP contribution in [-0.2, 0) is 0 Å². The maximum atomic E-state index is 13.4. The topological polar surface area (TPSA) is 49.5 Å². The molecule has 7 heteroatoms. The maximum Gasteiger partial charge on any atom is 0.202 e. The number of hydrogen-bond acceptors (Lipinski definition) is 2. The first-order chi connectivity index (χ1) is 9.41. The fourth-order valence-corrected chi connectivity index (χ4v) is 2.10. The van der Waals surface area contributed by atoms with Crippen LogP contribution in [0, 0.1) is 11.6 Å². The lowest BCUT2D eigenvalue weighted by Gasteiger charge is -2.24. The highest BCUT2D eigenvalue weighted by molar-refractivity contribution is 7.80. The van der Waals surface area contributed by atoms with Crippen LogP contribution in [0.25, 0.3) is 0 Å². The van der Waals surface area contributed by atoms with Gasteiger partial charge in [0.1, 0.15) is 0 Å². The predicted molar refractivity (Wildman–Crippen MR) is 78.4 cm³/mol. The molecule has 0 fully saturated rings. The molecule has 0 saturated carbocycles. The van der Waals surface area contributed by atoms with Gasteiger partial charge in [-0.25, -0.2) is 4.39 Å². The van der Waals surface area contributed by atoms with E-state index in [4.69, 9.17) is 29.6 Å². The zero-order valence-corrected chi connectivity index (χ0v) is 11.6. The summed E-state index contributed by atoms with van der Waals surface area (Å²) in [4.78, 5) is 1.19. The molecule has 0 bridgehead atoms. The summed E-state index contributed by atoms with van der Waals surface area (Å²) in [6.07, 6.45) is 0. The number of hydrogen-bond donors (Lipinski definition) is 2. The second kappa shape index (κ2) is 5.60. The molecule has 0 radical (unpaired) electrons. The standard InChI is InChI=1S/C13H9ClF2N2OS/c14-7-2-1-3-8(6-7)18(13(17)20)10-5-4-9(15)11(16)12(10)19/h1-6,19H,(H2,17,20). The molecule has 0 aliphatic heterocycles. The highest BCUT2D eigenvalue weighted by atomic mass is 35.5. The van der Waals surface area contributed by atoms with E-state index in [0.717, 1.165) is 6.07 Å². The second-order valence-corrected chi connectivity index (χ2v) is 4.74. The van der Waals surface area contributed by atoms with Crippen LogP contribution >= 0.6 is 23.8 Å². The molecule has 0 aliphatic carbocycles. The second-order valence-electron chi connectivity index (χ2n) is 3.88. The Morgan fingerprint density at radius 2 is 1.95 bits per heavy atom. The lowest BCUT2D eigenvalue weighted by molar-refractivity contribution is 0.408. The van der Waals surface area contributed by atoms with Crippen molar-refractivity contribution in [3.8, 4) is 5.75 Å². The third-order valence-electron chi connectivity index (χ3n) is 2.58. The minimum atomic E-state index is -1.37. The van der Waals surface area contributed by atoms with Crippen LogP contribution in [0.2, 0.25) is 5.02 Å². The van der Waals surface area contributed by atoms with Gasteiger partial charge in [-0.1, -0.05) is 17.7 Å². The first kappa shape index (κ1) is 14.5. The molecule has 0 aromatic heterocycles. The van der Waals surface area contributed by atoms with Crippen molar-refractivity contribution in [3.63, 3.8) is 0 Å². The first-order valence-corrected chi connectivity index (χ1v) is 6.22. The minimum absolute atomic E-state index is 0.0707. The molecular weight excluding hydrogens is 306 g/mol. The number of phenols is 1. The largest absolute Gasteiger partial charge is 0.503 e. The summed E-state index contributed by atoms with van der Waals surface area (Å²) in [6.45, 7) is 0. The molecule has 0 atom stereocenters. The Morgan fingerprint density at radius 3 is 2.55 bits per heavy atom. The molecule has 0 amide bonds. The van der Waals surface area contributed by atoms with Crippen LogP contribution in [0.15, 0.2) is 36.4 Å². The number of phenolic OH excluding ortho intramolecular Hbond substituents is 1. The van der Waals surface area contributed by atoms with Crippen LogP contribution in [0.3, 0.4) is 0 Å². The summed E-state index contributed by atoms with van der Waals surface area (Å²) in [6, 6.07) is 8.47. The fraction of sp³-hybridized carbons (Fsp3) is 0. The van der Waals surface area contributed by atoms with E-state index in [0.29, 0.717) is 10.7 Å². The Labute approximate surface area is 124 Å². The number of aromatic hydroxyl groups is 1. The Balaban J connectivity index is 2.61. The Bertz CT molecular complexity index is 681.